The van der Waals surface area contributed by atoms with E-state index in [1.165, 1.54) is 0 Å². The summed E-state index contributed by atoms with van der Waals surface area (Å²) in [5, 5.41) is 25.1. The highest BCUT2D eigenvalue weighted by molar-refractivity contribution is 5.70. The van der Waals surface area contributed by atoms with Crippen molar-refractivity contribution < 1.29 is 9.90 Å². The van der Waals surface area contributed by atoms with Crippen LogP contribution in [0.2, 0.25) is 0 Å². The van der Waals surface area contributed by atoms with Crippen LogP contribution >= 0.6 is 0 Å². The van der Waals surface area contributed by atoms with Gasteiger partial charge in [-0.2, -0.15) is 5.26 Å². The van der Waals surface area contributed by atoms with Gasteiger partial charge < -0.3 is 5.11 Å². The number of rotatable bonds is 2. The minimum absolute atomic E-state index is 0.185. The smallest absolute Gasteiger partial charge is 0.306 e. The molecule has 0 amide bonds. The monoisotopic (exact) mass is 220 g/mol. The predicted molar refractivity (Wildman–Crippen MR) is 53.4 cm³/mol. The zero-order valence-corrected chi connectivity index (χ0v) is 8.70. The van der Waals surface area contributed by atoms with E-state index in [-0.39, 0.29) is 12.0 Å². The maximum absolute atomic E-state index is 10.8. The first-order valence-corrected chi connectivity index (χ1v) is 5.25. The van der Waals surface area contributed by atoms with Crippen LogP contribution in [0.15, 0.2) is 6.20 Å². The van der Waals surface area contributed by atoms with Crippen LogP contribution in [0.1, 0.15) is 37.4 Å². The van der Waals surface area contributed by atoms with Gasteiger partial charge in [0.05, 0.1) is 18.2 Å². The minimum atomic E-state index is -0.713. The van der Waals surface area contributed by atoms with Gasteiger partial charge in [-0.05, 0) is 25.7 Å². The molecule has 6 nitrogen and oxygen atoms in total. The van der Waals surface area contributed by atoms with Gasteiger partial charge in [0.2, 0.25) is 0 Å². The molecule has 1 saturated carbocycles. The summed E-state index contributed by atoms with van der Waals surface area (Å²) in [4.78, 5) is 10.8. The van der Waals surface area contributed by atoms with E-state index < -0.39 is 5.97 Å². The van der Waals surface area contributed by atoms with E-state index in [9.17, 15) is 4.79 Å². The van der Waals surface area contributed by atoms with E-state index >= 15 is 0 Å². The summed E-state index contributed by atoms with van der Waals surface area (Å²) >= 11 is 0. The van der Waals surface area contributed by atoms with Crippen LogP contribution in [-0.4, -0.2) is 26.1 Å². The Morgan fingerprint density at radius 3 is 2.69 bits per heavy atom. The van der Waals surface area contributed by atoms with E-state index in [1.807, 2.05) is 6.07 Å². The molecule has 1 aliphatic rings. The molecule has 0 aromatic carbocycles. The molecule has 0 radical (unpaired) electrons. The Morgan fingerprint density at radius 1 is 1.50 bits per heavy atom. The Balaban J connectivity index is 1.99. The van der Waals surface area contributed by atoms with Crippen molar-refractivity contribution >= 4 is 5.97 Å². The van der Waals surface area contributed by atoms with Crippen molar-refractivity contribution in [3.8, 4) is 6.07 Å². The molecule has 0 atom stereocenters. The molecule has 2 rings (SSSR count). The van der Waals surface area contributed by atoms with Gasteiger partial charge in [0.25, 0.3) is 0 Å². The van der Waals surface area contributed by atoms with Gasteiger partial charge in [-0.1, -0.05) is 5.21 Å². The zero-order chi connectivity index (χ0) is 11.5. The standard InChI is InChI=1S/C10H12N4O2/c11-5-8-6-14(13-12-8)9-3-1-7(2-4-9)10(15)16/h6-7,9H,1-4H2,(H,15,16). The number of aromatic nitrogens is 3. The molecule has 0 bridgehead atoms. The Labute approximate surface area is 92.5 Å². The second kappa shape index (κ2) is 4.31. The van der Waals surface area contributed by atoms with Gasteiger partial charge in [-0.25, -0.2) is 4.68 Å². The maximum atomic E-state index is 10.8. The Kier molecular flexibility index (Phi) is 2.86. The predicted octanol–water partition coefficient (Wildman–Crippen LogP) is 0.966. The zero-order valence-electron chi connectivity index (χ0n) is 8.70. The molecule has 0 saturated heterocycles. The fourth-order valence-corrected chi connectivity index (χ4v) is 2.09. The van der Waals surface area contributed by atoms with Crippen molar-refractivity contribution in [1.82, 2.24) is 15.0 Å². The van der Waals surface area contributed by atoms with Crippen LogP contribution < -0.4 is 0 Å². The lowest BCUT2D eigenvalue weighted by atomic mass is 9.86. The summed E-state index contributed by atoms with van der Waals surface area (Å²) < 4.78 is 1.68. The summed E-state index contributed by atoms with van der Waals surface area (Å²) in [5.74, 6) is -0.940. The van der Waals surface area contributed by atoms with Crippen LogP contribution in [0.4, 0.5) is 0 Å². The number of carboxylic acids is 1. The van der Waals surface area contributed by atoms with Gasteiger partial charge in [-0.3, -0.25) is 4.79 Å². The molecular weight excluding hydrogens is 208 g/mol. The summed E-state index contributed by atoms with van der Waals surface area (Å²) in [6, 6.07) is 2.11. The summed E-state index contributed by atoms with van der Waals surface area (Å²) in [7, 11) is 0. The van der Waals surface area contributed by atoms with Crippen molar-refractivity contribution in [2.75, 3.05) is 0 Å². The molecular formula is C10H12N4O2. The Bertz CT molecular complexity index is 426. The molecule has 1 aliphatic carbocycles. The van der Waals surface area contributed by atoms with E-state index in [4.69, 9.17) is 10.4 Å². The molecule has 84 valence electrons. The van der Waals surface area contributed by atoms with Gasteiger partial charge in [-0.15, -0.1) is 5.10 Å². The quantitative estimate of drug-likeness (QED) is 0.801. The number of nitriles is 1. The van der Waals surface area contributed by atoms with Crippen molar-refractivity contribution in [3.05, 3.63) is 11.9 Å². The highest BCUT2D eigenvalue weighted by atomic mass is 16.4. The van der Waals surface area contributed by atoms with Gasteiger partial charge in [0, 0.05) is 0 Å². The second-order valence-electron chi connectivity index (χ2n) is 4.04. The number of hydrogen-bond acceptors (Lipinski definition) is 4. The van der Waals surface area contributed by atoms with Crippen molar-refractivity contribution in [1.29, 1.82) is 5.26 Å². The first kappa shape index (κ1) is 10.6. The van der Waals surface area contributed by atoms with Crippen LogP contribution in [-0.2, 0) is 4.79 Å². The number of hydrogen-bond donors (Lipinski definition) is 1. The van der Waals surface area contributed by atoms with Gasteiger partial charge >= 0.3 is 5.97 Å². The Hall–Kier alpha value is -1.90. The van der Waals surface area contributed by atoms with Crippen molar-refractivity contribution in [2.45, 2.75) is 31.7 Å². The second-order valence-corrected chi connectivity index (χ2v) is 4.04. The molecule has 1 heterocycles. The van der Waals surface area contributed by atoms with E-state index in [2.05, 4.69) is 10.3 Å². The number of aliphatic carboxylic acids is 1. The molecule has 16 heavy (non-hydrogen) atoms. The minimum Gasteiger partial charge on any atom is -0.481 e. The third-order valence-electron chi connectivity index (χ3n) is 3.04. The molecule has 1 aromatic heterocycles. The van der Waals surface area contributed by atoms with Crippen molar-refractivity contribution in [3.63, 3.8) is 0 Å². The summed E-state index contributed by atoms with van der Waals surface area (Å²) in [6.45, 7) is 0. The average molecular weight is 220 g/mol. The molecule has 1 N–H and O–H groups in total. The largest absolute Gasteiger partial charge is 0.481 e. The third kappa shape index (κ3) is 2.03. The fourth-order valence-electron chi connectivity index (χ4n) is 2.09. The first-order chi connectivity index (χ1) is 7.70. The Morgan fingerprint density at radius 2 is 2.19 bits per heavy atom. The molecule has 0 spiro atoms. The third-order valence-corrected chi connectivity index (χ3v) is 3.04. The summed E-state index contributed by atoms with van der Waals surface area (Å²) in [6.07, 6.45) is 4.52. The van der Waals surface area contributed by atoms with Gasteiger partial charge in [0.1, 0.15) is 6.07 Å². The van der Waals surface area contributed by atoms with Crippen LogP contribution in [0.5, 0.6) is 0 Å². The first-order valence-electron chi connectivity index (χ1n) is 5.25. The molecule has 0 aliphatic heterocycles. The van der Waals surface area contributed by atoms with Gasteiger partial charge in [0.15, 0.2) is 5.69 Å². The molecule has 1 aromatic rings. The van der Waals surface area contributed by atoms with Crippen LogP contribution in [0.3, 0.4) is 0 Å². The van der Waals surface area contributed by atoms with E-state index in [1.54, 1.807) is 10.9 Å². The normalized spacial score (nSPS) is 24.9. The fraction of sp³-hybridized carbons (Fsp3) is 0.600. The summed E-state index contributed by atoms with van der Waals surface area (Å²) in [5.41, 5.74) is 0.306. The van der Waals surface area contributed by atoms with E-state index in [0.29, 0.717) is 18.5 Å². The van der Waals surface area contributed by atoms with Crippen LogP contribution in [0.25, 0.3) is 0 Å². The lowest BCUT2D eigenvalue weighted by Gasteiger charge is -2.25. The topological polar surface area (TPSA) is 91.8 Å². The lowest BCUT2D eigenvalue weighted by molar-refractivity contribution is -0.143. The molecule has 0 unspecified atom stereocenters. The number of nitrogens with zero attached hydrogens (tertiary/aromatic N) is 4. The number of carboxylic acid groups (broad SMARTS) is 1. The van der Waals surface area contributed by atoms with Crippen LogP contribution in [0, 0.1) is 17.2 Å². The van der Waals surface area contributed by atoms with Crippen molar-refractivity contribution in [2.24, 2.45) is 5.92 Å². The maximum Gasteiger partial charge on any atom is 0.306 e. The number of carbonyl (C=O) groups is 1. The highest BCUT2D eigenvalue weighted by Gasteiger charge is 2.27. The average Bonchev–Trinajstić information content (AvgIpc) is 2.77. The lowest BCUT2D eigenvalue weighted by Crippen LogP contribution is -2.23. The molecule has 1 fully saturated rings. The SMILES string of the molecule is N#Cc1cn(C2CCC(C(=O)O)CC2)nn1. The van der Waals surface area contributed by atoms with E-state index in [0.717, 1.165) is 12.8 Å². The highest BCUT2D eigenvalue weighted by Crippen LogP contribution is 2.31. The molecule has 6 heteroatoms.